The molecule has 1 aromatic heterocycles. The summed E-state index contributed by atoms with van der Waals surface area (Å²) < 4.78 is 62.0. The molecule has 0 spiro atoms. The van der Waals surface area contributed by atoms with E-state index in [0.717, 1.165) is 6.07 Å². The van der Waals surface area contributed by atoms with Crippen LogP contribution < -0.4 is 5.32 Å². The van der Waals surface area contributed by atoms with Crippen LogP contribution in [-0.4, -0.2) is 30.9 Å². The van der Waals surface area contributed by atoms with Crippen molar-refractivity contribution in [2.24, 2.45) is 0 Å². The number of anilines is 1. The smallest absolute Gasteiger partial charge is 0.395 e. The molecule has 6 nitrogen and oxygen atoms in total. The van der Waals surface area contributed by atoms with Crippen LogP contribution in [-0.2, 0) is 29.6 Å². The van der Waals surface area contributed by atoms with E-state index < -0.39 is 28.7 Å². The fourth-order valence-electron chi connectivity index (χ4n) is 3.49. The summed E-state index contributed by atoms with van der Waals surface area (Å²) in [4.78, 5) is 12.9. The second-order valence-corrected chi connectivity index (χ2v) is 8.03. The van der Waals surface area contributed by atoms with Crippen LogP contribution in [0.2, 0.25) is 0 Å². The lowest BCUT2D eigenvalue weighted by Gasteiger charge is -2.15. The van der Waals surface area contributed by atoms with Crippen molar-refractivity contribution in [3.05, 3.63) is 77.0 Å². The summed E-state index contributed by atoms with van der Waals surface area (Å²) in [5.74, 6) is -0.567. The molecule has 0 aliphatic rings. The number of nitrogens with one attached hydrogen (secondary N) is 1. The first-order chi connectivity index (χ1) is 15.1. The van der Waals surface area contributed by atoms with Crippen molar-refractivity contribution in [2.75, 3.05) is 11.9 Å². The molecular formula is C22H21F3N2O4S. The van der Waals surface area contributed by atoms with E-state index >= 15 is 0 Å². The minimum Gasteiger partial charge on any atom is -0.395 e. The molecule has 0 radical (unpaired) electrons. The van der Waals surface area contributed by atoms with Gasteiger partial charge in [-0.3, -0.25) is 4.79 Å². The van der Waals surface area contributed by atoms with Gasteiger partial charge in [-0.2, -0.15) is 13.2 Å². The quantitative estimate of drug-likeness (QED) is 0.449. The molecule has 0 bridgehead atoms. The van der Waals surface area contributed by atoms with Crippen LogP contribution in [0.3, 0.4) is 0 Å². The van der Waals surface area contributed by atoms with Crippen LogP contribution in [0.15, 0.2) is 54.7 Å². The molecule has 0 saturated carbocycles. The SMILES string of the molecule is Cc1c(C(=O)Nc2ccc(CS(=O)O)cc2)cn(CCO)c1-c1ccccc1C(F)(F)F. The standard InChI is InChI=1S/C22H21F3N2O4S/c1-14-18(21(29)26-16-8-6-15(7-9-16)13-32(30)31)12-27(10-11-28)20(14)17-4-2-3-5-19(17)22(23,24)25/h2-9,12,28H,10-11,13H2,1H3,(H,26,29)(H,30,31). The van der Waals surface area contributed by atoms with E-state index in [1.54, 1.807) is 31.2 Å². The summed E-state index contributed by atoms with van der Waals surface area (Å²) >= 11 is -1.99. The maximum Gasteiger partial charge on any atom is 0.417 e. The number of aliphatic hydroxyl groups excluding tert-OH is 1. The van der Waals surface area contributed by atoms with Crippen LogP contribution in [0.1, 0.15) is 27.0 Å². The van der Waals surface area contributed by atoms with Gasteiger partial charge in [0.1, 0.15) is 0 Å². The normalized spacial score (nSPS) is 12.6. The van der Waals surface area contributed by atoms with E-state index in [4.69, 9.17) is 4.55 Å². The number of hydrogen-bond acceptors (Lipinski definition) is 3. The van der Waals surface area contributed by atoms with E-state index in [-0.39, 0.29) is 35.7 Å². The Hall–Kier alpha value is -2.95. The third-order valence-corrected chi connectivity index (χ3v) is 5.49. The first-order valence-electron chi connectivity index (χ1n) is 9.56. The number of hydrogen-bond donors (Lipinski definition) is 3. The van der Waals surface area contributed by atoms with Crippen molar-refractivity contribution in [3.63, 3.8) is 0 Å². The van der Waals surface area contributed by atoms with Gasteiger partial charge in [-0.1, -0.05) is 30.3 Å². The van der Waals surface area contributed by atoms with E-state index in [9.17, 15) is 27.3 Å². The Balaban J connectivity index is 1.98. The molecule has 0 saturated heterocycles. The van der Waals surface area contributed by atoms with Crippen molar-refractivity contribution in [3.8, 4) is 11.3 Å². The molecule has 32 heavy (non-hydrogen) atoms. The molecule has 3 aromatic rings. The summed E-state index contributed by atoms with van der Waals surface area (Å²) in [6.07, 6.45) is -3.16. The Bertz CT molecular complexity index is 1140. The zero-order valence-electron chi connectivity index (χ0n) is 17.0. The molecule has 10 heteroatoms. The number of aliphatic hydroxyl groups is 1. The Morgan fingerprint density at radius 3 is 2.38 bits per heavy atom. The van der Waals surface area contributed by atoms with E-state index in [1.807, 2.05) is 0 Å². The highest BCUT2D eigenvalue weighted by Crippen LogP contribution is 2.39. The number of amides is 1. The van der Waals surface area contributed by atoms with E-state index in [1.165, 1.54) is 29.0 Å². The van der Waals surface area contributed by atoms with E-state index in [2.05, 4.69) is 5.32 Å². The van der Waals surface area contributed by atoms with Gasteiger partial charge >= 0.3 is 6.18 Å². The molecule has 1 atom stereocenters. The van der Waals surface area contributed by atoms with Gasteiger partial charge in [-0.15, -0.1) is 0 Å². The molecule has 170 valence electrons. The second-order valence-electron chi connectivity index (χ2n) is 7.09. The molecule has 2 aromatic carbocycles. The number of benzene rings is 2. The van der Waals surface area contributed by atoms with Crippen LogP contribution in [0.5, 0.6) is 0 Å². The summed E-state index contributed by atoms with van der Waals surface area (Å²) in [6, 6.07) is 11.4. The summed E-state index contributed by atoms with van der Waals surface area (Å²) in [7, 11) is 0. The van der Waals surface area contributed by atoms with Crippen LogP contribution >= 0.6 is 0 Å². The number of aromatic nitrogens is 1. The van der Waals surface area contributed by atoms with E-state index in [0.29, 0.717) is 16.8 Å². The van der Waals surface area contributed by atoms with Crippen LogP contribution in [0.4, 0.5) is 18.9 Å². The summed E-state index contributed by atoms with van der Waals surface area (Å²) in [5, 5.41) is 12.1. The van der Waals surface area contributed by atoms with Crippen LogP contribution in [0, 0.1) is 6.92 Å². The first kappa shape index (κ1) is 23.7. The monoisotopic (exact) mass is 466 g/mol. The lowest BCUT2D eigenvalue weighted by molar-refractivity contribution is -0.137. The largest absolute Gasteiger partial charge is 0.417 e. The minimum absolute atomic E-state index is 0.0165. The van der Waals surface area contributed by atoms with Gasteiger partial charge in [0.15, 0.2) is 11.1 Å². The number of halogens is 3. The van der Waals surface area contributed by atoms with Crippen molar-refractivity contribution in [2.45, 2.75) is 25.4 Å². The highest BCUT2D eigenvalue weighted by molar-refractivity contribution is 7.78. The molecule has 3 N–H and O–H groups in total. The van der Waals surface area contributed by atoms with Crippen molar-refractivity contribution in [1.82, 2.24) is 4.57 Å². The Labute approximate surface area is 185 Å². The summed E-state index contributed by atoms with van der Waals surface area (Å²) in [5.41, 5.74) is 0.855. The third kappa shape index (κ3) is 5.26. The van der Waals surface area contributed by atoms with Gasteiger partial charge in [0.2, 0.25) is 0 Å². The highest BCUT2D eigenvalue weighted by Gasteiger charge is 2.35. The molecular weight excluding hydrogens is 445 g/mol. The molecule has 1 heterocycles. The number of nitrogens with zero attached hydrogens (tertiary/aromatic N) is 1. The molecule has 1 amide bonds. The second kappa shape index (κ2) is 9.68. The average molecular weight is 466 g/mol. The van der Waals surface area contributed by atoms with Crippen molar-refractivity contribution < 1.29 is 31.8 Å². The predicted octanol–water partition coefficient (Wildman–Crippen LogP) is 4.45. The number of rotatable bonds is 7. The maximum atomic E-state index is 13.6. The predicted molar refractivity (Wildman–Crippen MR) is 116 cm³/mol. The molecule has 0 aliphatic carbocycles. The topological polar surface area (TPSA) is 91.6 Å². The zero-order chi connectivity index (χ0) is 23.5. The van der Waals surface area contributed by atoms with Crippen LogP contribution in [0.25, 0.3) is 11.3 Å². The molecule has 0 aliphatic heterocycles. The minimum atomic E-state index is -4.58. The maximum absolute atomic E-state index is 13.6. The van der Waals surface area contributed by atoms with Crippen molar-refractivity contribution in [1.29, 1.82) is 0 Å². The number of carbonyl (C=O) groups is 1. The van der Waals surface area contributed by atoms with Gasteiger partial charge < -0.3 is 19.5 Å². The van der Waals surface area contributed by atoms with Gasteiger partial charge in [0, 0.05) is 24.0 Å². The Morgan fingerprint density at radius 2 is 1.78 bits per heavy atom. The average Bonchev–Trinajstić information content (AvgIpc) is 3.04. The third-order valence-electron chi connectivity index (χ3n) is 4.91. The Morgan fingerprint density at radius 1 is 1.12 bits per heavy atom. The highest BCUT2D eigenvalue weighted by atomic mass is 32.2. The Kier molecular flexibility index (Phi) is 7.17. The fourth-order valence-corrected chi connectivity index (χ4v) is 3.97. The van der Waals surface area contributed by atoms with Crippen molar-refractivity contribution >= 4 is 22.7 Å². The summed E-state index contributed by atoms with van der Waals surface area (Å²) in [6.45, 7) is 1.26. The van der Waals surface area contributed by atoms with Gasteiger partial charge in [-0.05, 0) is 36.2 Å². The number of alkyl halides is 3. The molecule has 1 unspecified atom stereocenters. The fraction of sp³-hybridized carbons (Fsp3) is 0.227. The van der Waals surface area contributed by atoms with Gasteiger partial charge in [0.05, 0.1) is 29.2 Å². The first-order valence-corrected chi connectivity index (χ1v) is 10.8. The van der Waals surface area contributed by atoms with Gasteiger partial charge in [-0.25, -0.2) is 4.21 Å². The lowest BCUT2D eigenvalue weighted by atomic mass is 10.00. The van der Waals surface area contributed by atoms with Gasteiger partial charge in [0.25, 0.3) is 5.91 Å². The lowest BCUT2D eigenvalue weighted by Crippen LogP contribution is -2.12. The molecule has 0 fully saturated rings. The molecule has 3 rings (SSSR count). The zero-order valence-corrected chi connectivity index (χ0v) is 17.8. The number of carbonyl (C=O) groups excluding carboxylic acids is 1.